The number of carboxylic acid groups (broad SMARTS) is 1. The standard InChI is InChI=1S/C26H29ClN2O3/c1-18-14-22(8-11-24(18)21-6-9-23(27)10-7-21)25-12-13-29(28-25)15-19-2-4-20(5-3-19)16-32-17-26(30)31/h6-14,19-20H,2-5,15-17H2,1H3,(H,30,31). The van der Waals surface area contributed by atoms with Gasteiger partial charge in [0.05, 0.1) is 12.3 Å². The number of hydrogen-bond acceptors (Lipinski definition) is 3. The van der Waals surface area contributed by atoms with Gasteiger partial charge >= 0.3 is 5.97 Å². The second-order valence-corrected chi connectivity index (χ2v) is 9.19. The molecule has 0 unspecified atom stereocenters. The van der Waals surface area contributed by atoms with E-state index < -0.39 is 5.97 Å². The molecule has 3 aromatic rings. The van der Waals surface area contributed by atoms with Crippen molar-refractivity contribution in [3.8, 4) is 22.4 Å². The van der Waals surface area contributed by atoms with Gasteiger partial charge in [0.15, 0.2) is 0 Å². The van der Waals surface area contributed by atoms with Gasteiger partial charge in [-0.05, 0) is 85.4 Å². The predicted molar refractivity (Wildman–Crippen MR) is 127 cm³/mol. The molecule has 6 heteroatoms. The molecule has 0 amide bonds. The summed E-state index contributed by atoms with van der Waals surface area (Å²) < 4.78 is 7.33. The third-order valence-corrected chi connectivity index (χ3v) is 6.56. The number of carboxylic acids is 1. The maximum atomic E-state index is 10.6. The van der Waals surface area contributed by atoms with Gasteiger partial charge < -0.3 is 9.84 Å². The first-order chi connectivity index (χ1) is 15.5. The molecule has 0 spiro atoms. The van der Waals surface area contributed by atoms with Crippen LogP contribution < -0.4 is 0 Å². The van der Waals surface area contributed by atoms with Crippen molar-refractivity contribution in [1.82, 2.24) is 9.78 Å². The average molecular weight is 453 g/mol. The van der Waals surface area contributed by atoms with Crippen LogP contribution in [0.3, 0.4) is 0 Å². The molecule has 0 radical (unpaired) electrons. The lowest BCUT2D eigenvalue weighted by Gasteiger charge is -2.28. The Balaban J connectivity index is 1.34. The fourth-order valence-electron chi connectivity index (χ4n) is 4.55. The summed E-state index contributed by atoms with van der Waals surface area (Å²) in [6.07, 6.45) is 6.50. The summed E-state index contributed by atoms with van der Waals surface area (Å²) in [6.45, 7) is 3.40. The summed E-state index contributed by atoms with van der Waals surface area (Å²) in [5.74, 6) is 0.177. The average Bonchev–Trinajstić information content (AvgIpc) is 3.24. The first-order valence-electron chi connectivity index (χ1n) is 11.2. The molecule has 168 valence electrons. The summed E-state index contributed by atoms with van der Waals surface area (Å²) in [5, 5.41) is 14.3. The lowest BCUT2D eigenvalue weighted by molar-refractivity contribution is -0.142. The SMILES string of the molecule is Cc1cc(-c2ccn(CC3CCC(COCC(=O)O)CC3)n2)ccc1-c1ccc(Cl)cc1. The molecule has 0 bridgehead atoms. The van der Waals surface area contributed by atoms with Crippen molar-refractivity contribution in [3.05, 3.63) is 65.3 Å². The predicted octanol–water partition coefficient (Wildman–Crippen LogP) is 6.09. The number of aromatic nitrogens is 2. The van der Waals surface area contributed by atoms with E-state index in [1.807, 2.05) is 24.3 Å². The number of aliphatic carboxylic acids is 1. The van der Waals surface area contributed by atoms with Crippen molar-refractivity contribution in [2.45, 2.75) is 39.2 Å². The van der Waals surface area contributed by atoms with Gasteiger partial charge in [-0.2, -0.15) is 5.10 Å². The molecular formula is C26H29ClN2O3. The first kappa shape index (κ1) is 22.6. The molecule has 1 heterocycles. The van der Waals surface area contributed by atoms with Crippen LogP contribution >= 0.6 is 11.6 Å². The minimum Gasteiger partial charge on any atom is -0.480 e. The maximum absolute atomic E-state index is 10.6. The van der Waals surface area contributed by atoms with E-state index in [1.54, 1.807) is 0 Å². The third-order valence-electron chi connectivity index (χ3n) is 6.31. The molecule has 1 saturated carbocycles. The second kappa shape index (κ2) is 10.3. The first-order valence-corrected chi connectivity index (χ1v) is 11.6. The summed E-state index contributed by atoms with van der Waals surface area (Å²) in [7, 11) is 0. The topological polar surface area (TPSA) is 64.3 Å². The Kier molecular flexibility index (Phi) is 7.28. The van der Waals surface area contributed by atoms with E-state index in [1.165, 1.54) is 11.1 Å². The molecule has 0 atom stereocenters. The number of hydrogen-bond donors (Lipinski definition) is 1. The van der Waals surface area contributed by atoms with Gasteiger partial charge in [-0.15, -0.1) is 0 Å². The van der Waals surface area contributed by atoms with Gasteiger partial charge in [0, 0.05) is 23.3 Å². The monoisotopic (exact) mass is 452 g/mol. The van der Waals surface area contributed by atoms with Crippen molar-refractivity contribution in [2.24, 2.45) is 11.8 Å². The highest BCUT2D eigenvalue weighted by atomic mass is 35.5. The van der Waals surface area contributed by atoms with Gasteiger partial charge in [-0.3, -0.25) is 4.68 Å². The fourth-order valence-corrected chi connectivity index (χ4v) is 4.68. The highest BCUT2D eigenvalue weighted by Gasteiger charge is 2.22. The van der Waals surface area contributed by atoms with E-state index in [0.717, 1.165) is 54.1 Å². The van der Waals surface area contributed by atoms with E-state index >= 15 is 0 Å². The Hall–Kier alpha value is -2.63. The van der Waals surface area contributed by atoms with Crippen molar-refractivity contribution in [3.63, 3.8) is 0 Å². The molecular weight excluding hydrogens is 424 g/mol. The van der Waals surface area contributed by atoms with Crippen LogP contribution in [0.15, 0.2) is 54.7 Å². The Labute approximate surface area is 194 Å². The second-order valence-electron chi connectivity index (χ2n) is 8.76. The van der Waals surface area contributed by atoms with Crippen LogP contribution in [0.4, 0.5) is 0 Å². The number of carbonyl (C=O) groups is 1. The number of halogens is 1. The van der Waals surface area contributed by atoms with Gasteiger partial charge in [0.1, 0.15) is 6.61 Å². The molecule has 1 fully saturated rings. The zero-order valence-corrected chi connectivity index (χ0v) is 19.1. The molecule has 1 aliphatic rings. The minimum absolute atomic E-state index is 0.198. The molecule has 32 heavy (non-hydrogen) atoms. The van der Waals surface area contributed by atoms with Crippen molar-refractivity contribution in [1.29, 1.82) is 0 Å². The van der Waals surface area contributed by atoms with Gasteiger partial charge in [0.25, 0.3) is 0 Å². The van der Waals surface area contributed by atoms with Crippen LogP contribution in [0, 0.1) is 18.8 Å². The minimum atomic E-state index is -0.900. The van der Waals surface area contributed by atoms with E-state index in [9.17, 15) is 4.79 Å². The lowest BCUT2D eigenvalue weighted by Crippen LogP contribution is -2.23. The molecule has 0 saturated heterocycles. The summed E-state index contributed by atoms with van der Waals surface area (Å²) in [5.41, 5.74) is 5.69. The molecule has 4 rings (SSSR count). The Bertz CT molecular complexity index is 1050. The summed E-state index contributed by atoms with van der Waals surface area (Å²) >= 11 is 6.02. The van der Waals surface area contributed by atoms with Gasteiger partial charge in [-0.1, -0.05) is 35.9 Å². The zero-order chi connectivity index (χ0) is 22.5. The Morgan fingerprint density at radius 3 is 2.44 bits per heavy atom. The molecule has 0 aliphatic heterocycles. The molecule has 5 nitrogen and oxygen atoms in total. The number of benzene rings is 2. The Morgan fingerprint density at radius 1 is 1.06 bits per heavy atom. The van der Waals surface area contributed by atoms with Crippen molar-refractivity contribution < 1.29 is 14.6 Å². The van der Waals surface area contributed by atoms with Gasteiger partial charge in [0.2, 0.25) is 0 Å². The van der Waals surface area contributed by atoms with Crippen LogP contribution in [-0.2, 0) is 16.1 Å². The van der Waals surface area contributed by atoms with E-state index in [2.05, 4.69) is 42.1 Å². The summed E-state index contributed by atoms with van der Waals surface area (Å²) in [6, 6.07) is 16.5. The number of rotatable bonds is 8. The number of ether oxygens (including phenoxy) is 1. The van der Waals surface area contributed by atoms with Crippen LogP contribution in [0.2, 0.25) is 5.02 Å². The van der Waals surface area contributed by atoms with Crippen molar-refractivity contribution in [2.75, 3.05) is 13.2 Å². The molecule has 1 N–H and O–H groups in total. The normalized spacial score (nSPS) is 18.6. The van der Waals surface area contributed by atoms with Crippen LogP contribution in [-0.4, -0.2) is 34.1 Å². The lowest BCUT2D eigenvalue weighted by atomic mass is 9.82. The zero-order valence-electron chi connectivity index (χ0n) is 18.3. The molecule has 1 aliphatic carbocycles. The largest absolute Gasteiger partial charge is 0.480 e. The van der Waals surface area contributed by atoms with E-state index in [4.69, 9.17) is 26.5 Å². The third kappa shape index (κ3) is 5.78. The molecule has 1 aromatic heterocycles. The van der Waals surface area contributed by atoms with Crippen LogP contribution in [0.25, 0.3) is 22.4 Å². The fraction of sp³-hybridized carbons (Fsp3) is 0.385. The van der Waals surface area contributed by atoms with Crippen molar-refractivity contribution >= 4 is 17.6 Å². The summed E-state index contributed by atoms with van der Waals surface area (Å²) in [4.78, 5) is 10.6. The number of nitrogens with zero attached hydrogens (tertiary/aromatic N) is 2. The highest BCUT2D eigenvalue weighted by Crippen LogP contribution is 2.31. The van der Waals surface area contributed by atoms with E-state index in [-0.39, 0.29) is 6.61 Å². The van der Waals surface area contributed by atoms with Crippen LogP contribution in [0.1, 0.15) is 31.2 Å². The highest BCUT2D eigenvalue weighted by molar-refractivity contribution is 6.30. The van der Waals surface area contributed by atoms with Crippen LogP contribution in [0.5, 0.6) is 0 Å². The molecule has 2 aromatic carbocycles. The maximum Gasteiger partial charge on any atom is 0.329 e. The van der Waals surface area contributed by atoms with E-state index in [0.29, 0.717) is 18.4 Å². The quantitative estimate of drug-likeness (QED) is 0.449. The van der Waals surface area contributed by atoms with Gasteiger partial charge in [-0.25, -0.2) is 4.79 Å². The smallest absolute Gasteiger partial charge is 0.329 e. The number of aryl methyl sites for hydroxylation is 1. The Morgan fingerprint density at radius 2 is 1.75 bits per heavy atom.